The van der Waals surface area contributed by atoms with Crippen LogP contribution in [-0.2, 0) is 6.54 Å². The Kier molecular flexibility index (Phi) is 5.98. The van der Waals surface area contributed by atoms with Gasteiger partial charge in [-0.05, 0) is 37.2 Å². The van der Waals surface area contributed by atoms with Gasteiger partial charge in [0, 0.05) is 37.9 Å². The van der Waals surface area contributed by atoms with Crippen LogP contribution in [0.25, 0.3) is 11.2 Å². The Balaban J connectivity index is 1.27. The number of aromatic nitrogens is 4. The number of benzene rings is 1. The number of methoxy groups -OCH3 is 1. The summed E-state index contributed by atoms with van der Waals surface area (Å²) in [7, 11) is 1.65. The first-order chi connectivity index (χ1) is 13.8. The molecule has 8 nitrogen and oxygen atoms in total. The molecule has 28 heavy (non-hydrogen) atoms. The van der Waals surface area contributed by atoms with Gasteiger partial charge in [0.2, 0.25) is 0 Å². The number of nitrogens with one attached hydrogen (secondary N) is 2. The first kappa shape index (κ1) is 18.6. The summed E-state index contributed by atoms with van der Waals surface area (Å²) in [5.74, 6) is 2.09. The summed E-state index contributed by atoms with van der Waals surface area (Å²) in [6, 6.07) is 7.60. The van der Waals surface area contributed by atoms with Crippen LogP contribution in [0.5, 0.6) is 11.5 Å². The van der Waals surface area contributed by atoms with E-state index < -0.39 is 0 Å². The van der Waals surface area contributed by atoms with Crippen molar-refractivity contribution in [2.24, 2.45) is 0 Å². The number of ether oxygens (including phenoxy) is 2. The van der Waals surface area contributed by atoms with Crippen molar-refractivity contribution in [1.82, 2.24) is 30.4 Å². The molecule has 0 bridgehead atoms. The molecule has 1 fully saturated rings. The Bertz CT molecular complexity index is 889. The average Bonchev–Trinajstić information content (AvgIpc) is 3.39. The van der Waals surface area contributed by atoms with Gasteiger partial charge in [-0.2, -0.15) is 5.10 Å². The van der Waals surface area contributed by atoms with E-state index in [1.165, 1.54) is 0 Å². The molecule has 1 aromatic carbocycles. The molecule has 0 spiro atoms. The fourth-order valence-corrected chi connectivity index (χ4v) is 3.47. The lowest BCUT2D eigenvalue weighted by molar-refractivity contribution is 0.312. The average molecular weight is 382 g/mol. The van der Waals surface area contributed by atoms with Crippen molar-refractivity contribution in [3.05, 3.63) is 42.4 Å². The second-order valence-corrected chi connectivity index (χ2v) is 6.80. The number of hydrogen-bond acceptors (Lipinski definition) is 7. The van der Waals surface area contributed by atoms with Gasteiger partial charge in [0.1, 0.15) is 23.6 Å². The zero-order valence-corrected chi connectivity index (χ0v) is 16.1. The van der Waals surface area contributed by atoms with E-state index in [9.17, 15) is 0 Å². The van der Waals surface area contributed by atoms with Crippen molar-refractivity contribution >= 4 is 11.2 Å². The zero-order valence-electron chi connectivity index (χ0n) is 16.1. The number of rotatable bonds is 9. The van der Waals surface area contributed by atoms with Gasteiger partial charge in [-0.3, -0.25) is 0 Å². The number of hydrogen-bond donors (Lipinski definition) is 2. The zero-order chi connectivity index (χ0) is 19.2. The normalized spacial score (nSPS) is 16.5. The minimum atomic E-state index is 0.423. The van der Waals surface area contributed by atoms with Crippen molar-refractivity contribution < 1.29 is 9.47 Å². The second-order valence-electron chi connectivity index (χ2n) is 6.80. The van der Waals surface area contributed by atoms with E-state index in [2.05, 4.69) is 20.6 Å². The molecule has 1 unspecified atom stereocenters. The van der Waals surface area contributed by atoms with Crippen LogP contribution in [0.3, 0.4) is 0 Å². The van der Waals surface area contributed by atoms with Gasteiger partial charge in [0.25, 0.3) is 0 Å². The van der Waals surface area contributed by atoms with Crippen molar-refractivity contribution in [2.75, 3.05) is 39.9 Å². The van der Waals surface area contributed by atoms with E-state index in [0.29, 0.717) is 12.5 Å². The Morgan fingerprint density at radius 3 is 2.75 bits per heavy atom. The highest BCUT2D eigenvalue weighted by molar-refractivity contribution is 5.73. The molecule has 1 saturated heterocycles. The van der Waals surface area contributed by atoms with Gasteiger partial charge in [-0.15, -0.1) is 0 Å². The van der Waals surface area contributed by atoms with Crippen LogP contribution in [0.1, 0.15) is 18.0 Å². The van der Waals surface area contributed by atoms with E-state index in [4.69, 9.17) is 14.6 Å². The monoisotopic (exact) mass is 382 g/mol. The molecule has 1 atom stereocenters. The maximum Gasteiger partial charge on any atom is 0.177 e. The summed E-state index contributed by atoms with van der Waals surface area (Å²) in [6.07, 6.45) is 4.58. The lowest BCUT2D eigenvalue weighted by atomic mass is 10.0. The van der Waals surface area contributed by atoms with E-state index >= 15 is 0 Å². The van der Waals surface area contributed by atoms with Gasteiger partial charge < -0.3 is 20.1 Å². The Morgan fingerprint density at radius 2 is 1.96 bits per heavy atom. The lowest BCUT2D eigenvalue weighted by Crippen LogP contribution is -2.25. The third-order valence-corrected chi connectivity index (χ3v) is 4.95. The summed E-state index contributed by atoms with van der Waals surface area (Å²) in [6.45, 7) is 4.90. The topological polar surface area (TPSA) is 86.1 Å². The predicted molar refractivity (Wildman–Crippen MR) is 107 cm³/mol. The summed E-state index contributed by atoms with van der Waals surface area (Å²) in [5, 5.41) is 11.6. The molecule has 1 aliphatic rings. The molecule has 3 heterocycles. The van der Waals surface area contributed by atoms with Crippen LogP contribution in [-0.4, -0.2) is 59.6 Å². The largest absolute Gasteiger partial charge is 0.497 e. The van der Waals surface area contributed by atoms with Gasteiger partial charge in [0.15, 0.2) is 5.65 Å². The van der Waals surface area contributed by atoms with Crippen LogP contribution < -0.4 is 20.1 Å². The van der Waals surface area contributed by atoms with Gasteiger partial charge >= 0.3 is 0 Å². The number of fused-ring (bicyclic) bond motifs is 1. The first-order valence-electron chi connectivity index (χ1n) is 9.71. The van der Waals surface area contributed by atoms with E-state index in [-0.39, 0.29) is 0 Å². The summed E-state index contributed by atoms with van der Waals surface area (Å²) in [5.41, 5.74) is 2.86. The molecule has 3 aromatic rings. The fourth-order valence-electron chi connectivity index (χ4n) is 3.47. The molecule has 2 aromatic heterocycles. The highest BCUT2D eigenvalue weighted by Crippen LogP contribution is 2.26. The Hall–Kier alpha value is -2.71. The summed E-state index contributed by atoms with van der Waals surface area (Å²) in [4.78, 5) is 9.02. The second kappa shape index (κ2) is 8.99. The van der Waals surface area contributed by atoms with Crippen LogP contribution in [0, 0.1) is 0 Å². The Morgan fingerprint density at radius 1 is 1.14 bits per heavy atom. The van der Waals surface area contributed by atoms with Crippen molar-refractivity contribution in [3.63, 3.8) is 0 Å². The molecule has 8 heteroatoms. The van der Waals surface area contributed by atoms with Crippen LogP contribution in [0.15, 0.2) is 36.7 Å². The first-order valence-corrected chi connectivity index (χ1v) is 9.71. The molecule has 1 aliphatic heterocycles. The quantitative estimate of drug-likeness (QED) is 0.544. The van der Waals surface area contributed by atoms with E-state index in [0.717, 1.165) is 67.5 Å². The maximum absolute atomic E-state index is 5.73. The SMILES string of the molecule is COc1ccc(OCCNCCn2nc(C3CCNC3)c3nccnc32)cc1. The van der Waals surface area contributed by atoms with E-state index in [1.807, 2.05) is 28.9 Å². The number of nitrogens with zero attached hydrogens (tertiary/aromatic N) is 4. The summed E-state index contributed by atoms with van der Waals surface area (Å²) < 4.78 is 12.8. The third-order valence-electron chi connectivity index (χ3n) is 4.95. The van der Waals surface area contributed by atoms with Gasteiger partial charge in [-0.1, -0.05) is 0 Å². The van der Waals surface area contributed by atoms with E-state index in [1.54, 1.807) is 19.5 Å². The van der Waals surface area contributed by atoms with Crippen molar-refractivity contribution in [3.8, 4) is 11.5 Å². The molecule has 0 aliphatic carbocycles. The van der Waals surface area contributed by atoms with Gasteiger partial charge in [0.05, 0.1) is 19.3 Å². The third kappa shape index (κ3) is 4.23. The van der Waals surface area contributed by atoms with Crippen LogP contribution in [0.4, 0.5) is 0 Å². The van der Waals surface area contributed by atoms with Crippen molar-refractivity contribution in [2.45, 2.75) is 18.9 Å². The molecular weight excluding hydrogens is 356 g/mol. The molecule has 2 N–H and O–H groups in total. The fraction of sp³-hybridized carbons (Fsp3) is 0.450. The molecule has 0 saturated carbocycles. The predicted octanol–water partition coefficient (Wildman–Crippen LogP) is 1.58. The van der Waals surface area contributed by atoms with Crippen LogP contribution >= 0.6 is 0 Å². The van der Waals surface area contributed by atoms with Crippen LogP contribution in [0.2, 0.25) is 0 Å². The smallest absolute Gasteiger partial charge is 0.177 e. The molecule has 4 rings (SSSR count). The molecular formula is C20H26N6O2. The van der Waals surface area contributed by atoms with Gasteiger partial charge in [-0.25, -0.2) is 14.6 Å². The molecule has 148 valence electrons. The molecule has 0 radical (unpaired) electrons. The maximum atomic E-state index is 5.73. The highest BCUT2D eigenvalue weighted by Gasteiger charge is 2.24. The lowest BCUT2D eigenvalue weighted by Gasteiger charge is -2.08. The minimum Gasteiger partial charge on any atom is -0.497 e. The molecule has 0 amide bonds. The highest BCUT2D eigenvalue weighted by atomic mass is 16.5. The minimum absolute atomic E-state index is 0.423. The summed E-state index contributed by atoms with van der Waals surface area (Å²) >= 11 is 0. The Labute approximate surface area is 164 Å². The standard InChI is InChI=1S/C20H26N6O2/c1-27-16-2-4-17(5-3-16)28-13-11-21-10-12-26-20-19(23-8-9-24-20)18(25-26)15-6-7-22-14-15/h2-5,8-9,15,21-22H,6-7,10-14H2,1H3. The van der Waals surface area contributed by atoms with Crippen molar-refractivity contribution in [1.29, 1.82) is 0 Å².